The number of rotatable bonds is 4. The number of hydrogen-bond acceptors (Lipinski definition) is 5. The van der Waals surface area contributed by atoms with Gasteiger partial charge in [-0.15, -0.1) is 0 Å². The minimum absolute atomic E-state index is 0.0978. The molecule has 1 aromatic heterocycles. The number of nitro benzene ring substituents is 1. The molecule has 1 N–H and O–H groups in total. The molecule has 1 aromatic carbocycles. The van der Waals surface area contributed by atoms with Crippen LogP contribution in [0, 0.1) is 17.0 Å². The first-order chi connectivity index (χ1) is 8.58. The van der Waals surface area contributed by atoms with Crippen molar-refractivity contribution in [2.45, 2.75) is 13.5 Å². The number of benzene rings is 1. The fourth-order valence-electron chi connectivity index (χ4n) is 1.51. The van der Waals surface area contributed by atoms with E-state index in [0.29, 0.717) is 12.3 Å². The molecule has 0 saturated heterocycles. The van der Waals surface area contributed by atoms with Crippen LogP contribution in [0.15, 0.2) is 28.9 Å². The van der Waals surface area contributed by atoms with Crippen molar-refractivity contribution < 1.29 is 9.45 Å². The summed E-state index contributed by atoms with van der Waals surface area (Å²) in [5, 5.41) is 17.5. The highest BCUT2D eigenvalue weighted by atomic mass is 35.5. The second-order valence-electron chi connectivity index (χ2n) is 3.71. The Morgan fingerprint density at radius 2 is 2.33 bits per heavy atom. The molecule has 2 aromatic rings. The summed E-state index contributed by atoms with van der Waals surface area (Å²) < 4.78 is 4.93. The fraction of sp³-hybridized carbons (Fsp3) is 0.182. The van der Waals surface area contributed by atoms with Gasteiger partial charge in [0.2, 0.25) is 0 Å². The molecular weight excluding hydrogens is 258 g/mol. The number of halogens is 1. The number of anilines is 1. The molecule has 0 bridgehead atoms. The number of nitrogens with zero attached hydrogens (tertiary/aromatic N) is 2. The second-order valence-corrected chi connectivity index (χ2v) is 4.12. The topological polar surface area (TPSA) is 81.2 Å². The van der Waals surface area contributed by atoms with E-state index in [1.54, 1.807) is 19.2 Å². The third-order valence-electron chi connectivity index (χ3n) is 2.43. The SMILES string of the molecule is Cc1cc([N+](=O)[O-])c(Cl)cc1NCc1ccno1. The van der Waals surface area contributed by atoms with E-state index in [-0.39, 0.29) is 10.7 Å². The van der Waals surface area contributed by atoms with Gasteiger partial charge in [0.15, 0.2) is 5.76 Å². The highest BCUT2D eigenvalue weighted by Gasteiger charge is 2.14. The summed E-state index contributed by atoms with van der Waals surface area (Å²) in [6.07, 6.45) is 1.55. The highest BCUT2D eigenvalue weighted by molar-refractivity contribution is 6.33. The summed E-state index contributed by atoms with van der Waals surface area (Å²) in [6.45, 7) is 2.21. The molecule has 0 aliphatic heterocycles. The van der Waals surface area contributed by atoms with Gasteiger partial charge >= 0.3 is 0 Å². The minimum atomic E-state index is -0.504. The molecule has 0 fully saturated rings. The Morgan fingerprint density at radius 3 is 2.94 bits per heavy atom. The quantitative estimate of drug-likeness (QED) is 0.680. The van der Waals surface area contributed by atoms with Gasteiger partial charge in [-0.2, -0.15) is 0 Å². The first-order valence-electron chi connectivity index (χ1n) is 5.16. The molecule has 0 radical (unpaired) electrons. The van der Waals surface area contributed by atoms with Crippen LogP contribution in [0.4, 0.5) is 11.4 Å². The number of aryl methyl sites for hydroxylation is 1. The van der Waals surface area contributed by atoms with E-state index in [4.69, 9.17) is 16.1 Å². The third-order valence-corrected chi connectivity index (χ3v) is 2.74. The van der Waals surface area contributed by atoms with Crippen molar-refractivity contribution in [3.63, 3.8) is 0 Å². The van der Waals surface area contributed by atoms with Crippen LogP contribution in [0.25, 0.3) is 0 Å². The summed E-state index contributed by atoms with van der Waals surface area (Å²) in [7, 11) is 0. The summed E-state index contributed by atoms with van der Waals surface area (Å²) in [5.41, 5.74) is 1.37. The van der Waals surface area contributed by atoms with E-state index in [1.165, 1.54) is 12.1 Å². The van der Waals surface area contributed by atoms with E-state index in [9.17, 15) is 10.1 Å². The lowest BCUT2D eigenvalue weighted by Gasteiger charge is -2.08. The van der Waals surface area contributed by atoms with Gasteiger partial charge < -0.3 is 9.84 Å². The third kappa shape index (κ3) is 2.60. The zero-order valence-corrected chi connectivity index (χ0v) is 10.3. The smallest absolute Gasteiger partial charge is 0.288 e. The molecule has 18 heavy (non-hydrogen) atoms. The van der Waals surface area contributed by atoms with Gasteiger partial charge in [0.25, 0.3) is 5.69 Å². The van der Waals surface area contributed by atoms with Crippen molar-refractivity contribution in [1.29, 1.82) is 0 Å². The minimum Gasteiger partial charge on any atom is -0.377 e. The number of hydrogen-bond donors (Lipinski definition) is 1. The Kier molecular flexibility index (Phi) is 3.47. The van der Waals surface area contributed by atoms with E-state index in [0.717, 1.165) is 11.3 Å². The van der Waals surface area contributed by atoms with Crippen LogP contribution in [-0.2, 0) is 6.54 Å². The molecule has 0 atom stereocenters. The lowest BCUT2D eigenvalue weighted by atomic mass is 10.1. The van der Waals surface area contributed by atoms with E-state index >= 15 is 0 Å². The normalized spacial score (nSPS) is 10.3. The van der Waals surface area contributed by atoms with Crippen molar-refractivity contribution in [2.75, 3.05) is 5.32 Å². The predicted molar refractivity (Wildman–Crippen MR) is 66.7 cm³/mol. The largest absolute Gasteiger partial charge is 0.377 e. The molecule has 0 aliphatic carbocycles. The molecule has 94 valence electrons. The van der Waals surface area contributed by atoms with Crippen molar-refractivity contribution >= 4 is 23.0 Å². The molecule has 0 amide bonds. The van der Waals surface area contributed by atoms with Gasteiger partial charge in [0.05, 0.1) is 17.7 Å². The van der Waals surface area contributed by atoms with E-state index in [1.807, 2.05) is 0 Å². The molecule has 0 unspecified atom stereocenters. The zero-order chi connectivity index (χ0) is 13.1. The molecule has 7 heteroatoms. The number of nitrogens with one attached hydrogen (secondary N) is 1. The van der Waals surface area contributed by atoms with Crippen molar-refractivity contribution in [2.24, 2.45) is 0 Å². The number of nitro groups is 1. The van der Waals surface area contributed by atoms with Crippen molar-refractivity contribution in [1.82, 2.24) is 5.16 Å². The lowest BCUT2D eigenvalue weighted by molar-refractivity contribution is -0.384. The Labute approximate surface area is 108 Å². The Bertz CT molecular complexity index is 569. The van der Waals surface area contributed by atoms with Crippen LogP contribution < -0.4 is 5.32 Å². The van der Waals surface area contributed by atoms with Gasteiger partial charge in [0.1, 0.15) is 5.02 Å². The monoisotopic (exact) mass is 267 g/mol. The lowest BCUT2D eigenvalue weighted by Crippen LogP contribution is -2.01. The summed E-state index contributed by atoms with van der Waals surface area (Å²) in [6, 6.07) is 4.70. The molecule has 0 spiro atoms. The van der Waals surface area contributed by atoms with E-state index < -0.39 is 4.92 Å². The zero-order valence-electron chi connectivity index (χ0n) is 9.51. The first kappa shape index (κ1) is 12.4. The molecule has 6 nitrogen and oxygen atoms in total. The maximum Gasteiger partial charge on any atom is 0.288 e. The van der Waals surface area contributed by atoms with Crippen LogP contribution in [0.2, 0.25) is 5.02 Å². The average molecular weight is 268 g/mol. The van der Waals surface area contributed by atoms with Crippen LogP contribution in [0.1, 0.15) is 11.3 Å². The predicted octanol–water partition coefficient (Wildman–Crippen LogP) is 3.16. The molecule has 0 saturated carbocycles. The molecule has 2 rings (SSSR count). The summed E-state index contributed by atoms with van der Waals surface area (Å²) >= 11 is 5.84. The maximum absolute atomic E-state index is 10.7. The Balaban J connectivity index is 2.19. The average Bonchev–Trinajstić information content (AvgIpc) is 2.82. The van der Waals surface area contributed by atoms with Gasteiger partial charge in [-0.3, -0.25) is 10.1 Å². The Hall–Kier alpha value is -2.08. The number of aromatic nitrogens is 1. The molecule has 0 aliphatic rings. The van der Waals surface area contributed by atoms with Gasteiger partial charge in [-0.05, 0) is 18.6 Å². The maximum atomic E-state index is 10.7. The van der Waals surface area contributed by atoms with Crippen molar-refractivity contribution in [3.8, 4) is 0 Å². The molecule has 1 heterocycles. The van der Waals surface area contributed by atoms with Crippen LogP contribution in [-0.4, -0.2) is 10.1 Å². The van der Waals surface area contributed by atoms with Crippen LogP contribution >= 0.6 is 11.6 Å². The van der Waals surface area contributed by atoms with Gasteiger partial charge in [-0.1, -0.05) is 16.8 Å². The van der Waals surface area contributed by atoms with Crippen LogP contribution in [0.5, 0.6) is 0 Å². The highest BCUT2D eigenvalue weighted by Crippen LogP contribution is 2.30. The van der Waals surface area contributed by atoms with Crippen LogP contribution in [0.3, 0.4) is 0 Å². The summed E-state index contributed by atoms with van der Waals surface area (Å²) in [5.74, 6) is 0.670. The second kappa shape index (κ2) is 5.05. The standard InChI is InChI=1S/C11H10ClN3O3/c1-7-4-11(15(16)17)9(12)5-10(7)13-6-8-2-3-14-18-8/h2-5,13H,6H2,1H3. The first-order valence-corrected chi connectivity index (χ1v) is 5.53. The van der Waals surface area contributed by atoms with Crippen molar-refractivity contribution in [3.05, 3.63) is 50.9 Å². The van der Waals surface area contributed by atoms with Gasteiger partial charge in [-0.25, -0.2) is 0 Å². The van der Waals surface area contributed by atoms with E-state index in [2.05, 4.69) is 10.5 Å². The summed E-state index contributed by atoms with van der Waals surface area (Å²) in [4.78, 5) is 10.2. The fourth-order valence-corrected chi connectivity index (χ4v) is 1.74. The molecular formula is C11H10ClN3O3. The Morgan fingerprint density at radius 1 is 1.56 bits per heavy atom. The van der Waals surface area contributed by atoms with Gasteiger partial charge in [0, 0.05) is 17.8 Å².